The van der Waals surface area contributed by atoms with Crippen LogP contribution >= 0.6 is 0 Å². The summed E-state index contributed by atoms with van der Waals surface area (Å²) in [4.78, 5) is 55.8. The van der Waals surface area contributed by atoms with E-state index in [0.717, 1.165) is 12.8 Å². The van der Waals surface area contributed by atoms with E-state index >= 15 is 0 Å². The SMILES string of the molecule is COC(=O)C1=C(C)N=C(C)C(C(=O)OC)[C@H]1C(=O)OCC(=O)N1CCC[C@@H](C)C1. The van der Waals surface area contributed by atoms with Crippen molar-refractivity contribution in [2.75, 3.05) is 33.9 Å². The molecule has 2 rings (SSSR count). The highest BCUT2D eigenvalue weighted by Crippen LogP contribution is 2.33. The lowest BCUT2D eigenvalue weighted by Crippen LogP contribution is -2.44. The first-order valence-electron chi connectivity index (χ1n) is 9.57. The molecule has 2 heterocycles. The number of hydrogen-bond donors (Lipinski definition) is 0. The molecule has 0 bridgehead atoms. The Labute approximate surface area is 170 Å². The van der Waals surface area contributed by atoms with Crippen molar-refractivity contribution in [3.8, 4) is 0 Å². The second kappa shape index (κ2) is 9.67. The lowest BCUT2D eigenvalue weighted by Gasteiger charge is -2.31. The van der Waals surface area contributed by atoms with Crippen LogP contribution in [0.3, 0.4) is 0 Å². The number of piperidine rings is 1. The molecule has 160 valence electrons. The lowest BCUT2D eigenvalue weighted by atomic mass is 9.80. The summed E-state index contributed by atoms with van der Waals surface area (Å²) in [7, 11) is 2.35. The van der Waals surface area contributed by atoms with E-state index in [9.17, 15) is 19.2 Å². The maximum Gasteiger partial charge on any atom is 0.336 e. The first-order chi connectivity index (χ1) is 13.7. The van der Waals surface area contributed by atoms with Gasteiger partial charge in [0.2, 0.25) is 0 Å². The molecule has 1 unspecified atom stereocenters. The summed E-state index contributed by atoms with van der Waals surface area (Å²) >= 11 is 0. The molecule has 1 amide bonds. The largest absolute Gasteiger partial charge is 0.468 e. The fourth-order valence-corrected chi connectivity index (χ4v) is 3.83. The van der Waals surface area contributed by atoms with Gasteiger partial charge in [0, 0.05) is 24.5 Å². The van der Waals surface area contributed by atoms with Crippen molar-refractivity contribution >= 4 is 29.5 Å². The zero-order valence-corrected chi connectivity index (χ0v) is 17.5. The molecule has 1 fully saturated rings. The number of likely N-dealkylation sites (tertiary alicyclic amines) is 1. The second-order valence-corrected chi connectivity index (χ2v) is 7.42. The van der Waals surface area contributed by atoms with Crippen LogP contribution in [0.25, 0.3) is 0 Å². The van der Waals surface area contributed by atoms with E-state index in [-0.39, 0.29) is 17.2 Å². The second-order valence-electron chi connectivity index (χ2n) is 7.42. The van der Waals surface area contributed by atoms with E-state index in [1.165, 1.54) is 14.2 Å². The van der Waals surface area contributed by atoms with Crippen molar-refractivity contribution in [2.24, 2.45) is 22.7 Å². The van der Waals surface area contributed by atoms with Crippen molar-refractivity contribution in [1.29, 1.82) is 0 Å². The third kappa shape index (κ3) is 5.02. The summed E-state index contributed by atoms with van der Waals surface area (Å²) in [6, 6.07) is 0. The van der Waals surface area contributed by atoms with E-state index in [0.29, 0.717) is 24.7 Å². The lowest BCUT2D eigenvalue weighted by molar-refractivity contribution is -0.160. The van der Waals surface area contributed by atoms with E-state index in [2.05, 4.69) is 11.9 Å². The van der Waals surface area contributed by atoms with Gasteiger partial charge in [0.25, 0.3) is 5.91 Å². The monoisotopic (exact) mass is 408 g/mol. The van der Waals surface area contributed by atoms with E-state index in [1.54, 1.807) is 18.7 Å². The Morgan fingerprint density at radius 3 is 2.34 bits per heavy atom. The molecule has 0 spiro atoms. The molecule has 0 N–H and O–H groups in total. The number of amides is 1. The van der Waals surface area contributed by atoms with Gasteiger partial charge in [0.15, 0.2) is 6.61 Å². The Bertz CT molecular complexity index is 756. The summed E-state index contributed by atoms with van der Waals surface area (Å²) < 4.78 is 14.8. The molecule has 0 aromatic carbocycles. The molecule has 29 heavy (non-hydrogen) atoms. The predicted molar refractivity (Wildman–Crippen MR) is 103 cm³/mol. The van der Waals surface area contributed by atoms with Gasteiger partial charge < -0.3 is 19.1 Å². The van der Waals surface area contributed by atoms with Crippen LogP contribution in [-0.4, -0.2) is 68.3 Å². The van der Waals surface area contributed by atoms with Crippen LogP contribution in [0.15, 0.2) is 16.3 Å². The van der Waals surface area contributed by atoms with Gasteiger partial charge in [-0.3, -0.25) is 19.4 Å². The smallest absolute Gasteiger partial charge is 0.336 e. The highest BCUT2D eigenvalue weighted by Gasteiger charge is 2.46. The Morgan fingerprint density at radius 1 is 1.07 bits per heavy atom. The number of esters is 3. The fraction of sp³-hybridized carbons (Fsp3) is 0.650. The molecule has 0 aliphatic carbocycles. The van der Waals surface area contributed by atoms with Gasteiger partial charge in [-0.05, 0) is 32.6 Å². The van der Waals surface area contributed by atoms with E-state index in [4.69, 9.17) is 14.2 Å². The van der Waals surface area contributed by atoms with Crippen LogP contribution in [0.4, 0.5) is 0 Å². The highest BCUT2D eigenvalue weighted by atomic mass is 16.5. The zero-order valence-electron chi connectivity index (χ0n) is 17.5. The topological polar surface area (TPSA) is 112 Å². The maximum absolute atomic E-state index is 12.9. The Kier molecular flexibility index (Phi) is 7.53. The van der Waals surface area contributed by atoms with Crippen molar-refractivity contribution < 1.29 is 33.4 Å². The zero-order chi connectivity index (χ0) is 21.7. The molecule has 2 aliphatic rings. The van der Waals surface area contributed by atoms with Crippen LogP contribution in [-0.2, 0) is 33.4 Å². The minimum atomic E-state index is -1.29. The number of nitrogens with zero attached hydrogens (tertiary/aromatic N) is 2. The molecule has 0 saturated carbocycles. The van der Waals surface area contributed by atoms with Gasteiger partial charge in [-0.2, -0.15) is 0 Å². The van der Waals surface area contributed by atoms with Crippen molar-refractivity contribution in [3.05, 3.63) is 11.3 Å². The average molecular weight is 408 g/mol. The maximum atomic E-state index is 12.9. The molecule has 1 saturated heterocycles. The number of rotatable bonds is 5. The summed E-state index contributed by atoms with van der Waals surface area (Å²) in [6.07, 6.45) is 1.95. The molecule has 2 aliphatic heterocycles. The number of carbonyl (C=O) groups is 4. The molecule has 0 aromatic rings. The van der Waals surface area contributed by atoms with Crippen LogP contribution in [0, 0.1) is 17.8 Å². The third-order valence-corrected chi connectivity index (χ3v) is 5.29. The average Bonchev–Trinajstić information content (AvgIpc) is 2.70. The first-order valence-corrected chi connectivity index (χ1v) is 9.57. The number of carbonyl (C=O) groups excluding carboxylic acids is 4. The van der Waals surface area contributed by atoms with Gasteiger partial charge >= 0.3 is 17.9 Å². The molecular formula is C20H28N2O7. The standard InChI is InChI=1S/C20H28N2O7/c1-11-7-6-8-22(9-11)14(23)10-29-20(26)17-15(18(24)27-4)12(2)21-13(3)16(17)19(25)28-5/h11,15,17H,6-10H2,1-5H3/t11-,15?,17-/m1/s1. The van der Waals surface area contributed by atoms with Gasteiger partial charge in [0.05, 0.1) is 19.8 Å². The molecule has 9 nitrogen and oxygen atoms in total. The van der Waals surface area contributed by atoms with Crippen LogP contribution in [0.5, 0.6) is 0 Å². The number of hydrogen-bond acceptors (Lipinski definition) is 8. The van der Waals surface area contributed by atoms with Crippen molar-refractivity contribution in [2.45, 2.75) is 33.6 Å². The summed E-state index contributed by atoms with van der Waals surface area (Å²) in [6.45, 7) is 5.95. The number of allylic oxidation sites excluding steroid dienone is 1. The Hall–Kier alpha value is -2.71. The van der Waals surface area contributed by atoms with Crippen LogP contribution < -0.4 is 0 Å². The van der Waals surface area contributed by atoms with Gasteiger partial charge in [0.1, 0.15) is 11.8 Å². The number of aliphatic imine (C=N–C) groups is 1. The molecular weight excluding hydrogens is 380 g/mol. The van der Waals surface area contributed by atoms with Gasteiger partial charge in [-0.25, -0.2) is 4.79 Å². The fourth-order valence-electron chi connectivity index (χ4n) is 3.83. The van der Waals surface area contributed by atoms with Crippen molar-refractivity contribution in [1.82, 2.24) is 4.90 Å². The quantitative estimate of drug-likeness (QED) is 0.495. The minimum Gasteiger partial charge on any atom is -0.468 e. The van der Waals surface area contributed by atoms with Crippen LogP contribution in [0.2, 0.25) is 0 Å². The molecule has 0 radical (unpaired) electrons. The van der Waals surface area contributed by atoms with E-state index < -0.39 is 36.4 Å². The molecule has 3 atom stereocenters. The summed E-state index contributed by atoms with van der Waals surface area (Å²) in [5, 5.41) is 0. The van der Waals surface area contributed by atoms with Crippen LogP contribution in [0.1, 0.15) is 33.6 Å². The van der Waals surface area contributed by atoms with Gasteiger partial charge in [-0.15, -0.1) is 0 Å². The highest BCUT2D eigenvalue weighted by molar-refractivity contribution is 6.10. The predicted octanol–water partition coefficient (Wildman–Crippen LogP) is 1.11. The molecule has 9 heteroatoms. The Balaban J connectivity index is 2.22. The third-order valence-electron chi connectivity index (χ3n) is 5.29. The minimum absolute atomic E-state index is 0.0717. The molecule has 0 aromatic heterocycles. The Morgan fingerprint density at radius 2 is 1.76 bits per heavy atom. The first kappa shape index (κ1) is 22.6. The van der Waals surface area contributed by atoms with E-state index in [1.807, 2.05) is 0 Å². The summed E-state index contributed by atoms with van der Waals surface area (Å²) in [5.74, 6) is -4.71. The van der Waals surface area contributed by atoms with Gasteiger partial charge in [-0.1, -0.05) is 6.92 Å². The number of ether oxygens (including phenoxy) is 3. The summed E-state index contributed by atoms with van der Waals surface area (Å²) in [5.41, 5.74) is 0.505. The number of methoxy groups -OCH3 is 2. The van der Waals surface area contributed by atoms with Crippen molar-refractivity contribution in [3.63, 3.8) is 0 Å². The normalized spacial score (nSPS) is 24.5.